The molecule has 0 atom stereocenters. The van der Waals surface area contributed by atoms with Gasteiger partial charge in [-0.25, -0.2) is 4.90 Å². The normalized spacial score (nSPS) is 14.0. The van der Waals surface area contributed by atoms with Gasteiger partial charge in [-0.15, -0.1) is 0 Å². The maximum Gasteiger partial charge on any atom is 0.267 e. The summed E-state index contributed by atoms with van der Waals surface area (Å²) in [5, 5.41) is 3.31. The summed E-state index contributed by atoms with van der Waals surface area (Å²) in [7, 11) is 0. The zero-order chi connectivity index (χ0) is 14.6. The molecule has 1 aromatic heterocycles. The number of imide groups is 1. The molecule has 102 valence electrons. The van der Waals surface area contributed by atoms with E-state index >= 15 is 0 Å². The van der Waals surface area contributed by atoms with Crippen molar-refractivity contribution in [2.45, 2.75) is 0 Å². The van der Waals surface area contributed by atoms with Crippen LogP contribution in [0.5, 0.6) is 0 Å². The van der Waals surface area contributed by atoms with Gasteiger partial charge in [0.2, 0.25) is 0 Å². The van der Waals surface area contributed by atoms with Gasteiger partial charge in [-0.3, -0.25) is 9.59 Å². The summed E-state index contributed by atoms with van der Waals surface area (Å²) in [5.41, 5.74) is 1.05. The Morgan fingerprint density at radius 3 is 2.48 bits per heavy atom. The quantitative estimate of drug-likeness (QED) is 0.620. The summed E-state index contributed by atoms with van der Waals surface area (Å²) in [6.45, 7) is 0. The van der Waals surface area contributed by atoms with Crippen molar-refractivity contribution in [1.29, 1.82) is 0 Å². The number of anilines is 1. The van der Waals surface area contributed by atoms with E-state index in [4.69, 9.17) is 0 Å². The van der Waals surface area contributed by atoms with Crippen LogP contribution in [0.15, 0.2) is 46.3 Å². The van der Waals surface area contributed by atoms with E-state index < -0.39 is 0 Å². The maximum atomic E-state index is 12.7. The summed E-state index contributed by atoms with van der Waals surface area (Å²) in [4.78, 5) is 26.5. The fourth-order valence-electron chi connectivity index (χ4n) is 2.59. The number of rotatable bonds is 1. The largest absolute Gasteiger partial charge is 0.268 e. The lowest BCUT2D eigenvalue weighted by Crippen LogP contribution is -2.40. The van der Waals surface area contributed by atoms with Gasteiger partial charge < -0.3 is 0 Å². The van der Waals surface area contributed by atoms with Crippen molar-refractivity contribution < 1.29 is 9.59 Å². The summed E-state index contributed by atoms with van der Waals surface area (Å²) in [5.74, 6) is -0.287. The van der Waals surface area contributed by atoms with Gasteiger partial charge in [0.05, 0.1) is 0 Å². The van der Waals surface area contributed by atoms with Crippen molar-refractivity contribution in [2.75, 3.05) is 4.90 Å². The summed E-state index contributed by atoms with van der Waals surface area (Å²) in [6.07, 6.45) is 0. The monoisotopic (exact) mass is 358 g/mol. The lowest BCUT2D eigenvalue weighted by atomic mass is 9.94. The van der Waals surface area contributed by atoms with E-state index in [0.717, 1.165) is 14.8 Å². The third-order valence-corrected chi connectivity index (χ3v) is 4.75. The smallest absolute Gasteiger partial charge is 0.267 e. The third-order valence-electron chi connectivity index (χ3n) is 3.51. The highest BCUT2D eigenvalue weighted by Crippen LogP contribution is 2.35. The Bertz CT molecular complexity index is 883. The number of carbonyl (C=O) groups excluding carboxylic acids is 2. The third kappa shape index (κ3) is 1.69. The number of hydrogen-bond donors (Lipinski definition) is 0. The highest BCUT2D eigenvalue weighted by Gasteiger charge is 2.35. The molecule has 0 saturated heterocycles. The average Bonchev–Trinajstić information content (AvgIpc) is 3.00. The summed E-state index contributed by atoms with van der Waals surface area (Å²) in [6, 6.07) is 10.7. The minimum atomic E-state index is -0.331. The van der Waals surface area contributed by atoms with Crippen LogP contribution >= 0.6 is 27.5 Å². The van der Waals surface area contributed by atoms with Gasteiger partial charge in [-0.1, -0.05) is 28.1 Å². The van der Waals surface area contributed by atoms with Crippen LogP contribution in [-0.2, 0) is 0 Å². The van der Waals surface area contributed by atoms with Crippen LogP contribution < -0.4 is 4.90 Å². The molecule has 1 aliphatic rings. The second-order valence-corrected chi connectivity index (χ2v) is 6.15. The first kappa shape index (κ1) is 12.7. The van der Waals surface area contributed by atoms with Gasteiger partial charge >= 0.3 is 0 Å². The van der Waals surface area contributed by atoms with E-state index in [1.807, 2.05) is 18.2 Å². The molecule has 2 heterocycles. The second kappa shape index (κ2) is 4.47. The topological polar surface area (TPSA) is 50.3 Å². The number of amides is 2. The predicted molar refractivity (Wildman–Crippen MR) is 84.9 cm³/mol. The number of benzene rings is 2. The lowest BCUT2D eigenvalue weighted by molar-refractivity contribution is 0.0892. The van der Waals surface area contributed by atoms with Crippen molar-refractivity contribution in [3.8, 4) is 0 Å². The molecule has 0 radical (unpaired) electrons. The minimum Gasteiger partial charge on any atom is -0.268 e. The fraction of sp³-hybridized carbons (Fsp3) is 0. The first-order valence-electron chi connectivity index (χ1n) is 6.19. The Hall–Kier alpha value is -2.05. The molecule has 2 amide bonds. The maximum absolute atomic E-state index is 12.7. The van der Waals surface area contributed by atoms with E-state index in [9.17, 15) is 9.59 Å². The molecule has 6 heteroatoms. The van der Waals surface area contributed by atoms with E-state index in [-0.39, 0.29) is 11.8 Å². The number of carbonyl (C=O) groups is 2. The molecule has 3 aromatic rings. The molecule has 0 saturated carbocycles. The number of halogens is 1. The Labute approximate surface area is 132 Å². The molecule has 4 rings (SSSR count). The SMILES string of the molecule is O=C1c2cccc3c(Br)ccc(c23)C(=O)N1c1ccsn1. The van der Waals surface area contributed by atoms with Gasteiger partial charge in [0, 0.05) is 26.4 Å². The van der Waals surface area contributed by atoms with Crippen molar-refractivity contribution in [2.24, 2.45) is 0 Å². The zero-order valence-corrected chi connectivity index (χ0v) is 12.9. The van der Waals surface area contributed by atoms with Crippen molar-refractivity contribution in [1.82, 2.24) is 4.37 Å². The first-order chi connectivity index (χ1) is 10.2. The van der Waals surface area contributed by atoms with E-state index in [2.05, 4.69) is 20.3 Å². The van der Waals surface area contributed by atoms with Crippen molar-refractivity contribution in [3.63, 3.8) is 0 Å². The van der Waals surface area contributed by atoms with Gasteiger partial charge in [-0.2, -0.15) is 4.37 Å². The highest BCUT2D eigenvalue weighted by molar-refractivity contribution is 9.10. The summed E-state index contributed by atoms with van der Waals surface area (Å²) >= 11 is 4.68. The Morgan fingerprint density at radius 2 is 1.76 bits per heavy atom. The molecule has 0 fully saturated rings. The van der Waals surface area contributed by atoms with Crippen molar-refractivity contribution >= 4 is 55.9 Å². The van der Waals surface area contributed by atoms with E-state index in [1.165, 1.54) is 11.5 Å². The molecule has 1 aliphatic heterocycles. The number of aromatic nitrogens is 1. The average molecular weight is 359 g/mol. The van der Waals surface area contributed by atoms with Gasteiger partial charge in [0.25, 0.3) is 11.8 Å². The van der Waals surface area contributed by atoms with Gasteiger partial charge in [0.1, 0.15) is 0 Å². The minimum absolute atomic E-state index is 0.331. The molecule has 4 nitrogen and oxygen atoms in total. The molecule has 0 spiro atoms. The van der Waals surface area contributed by atoms with Gasteiger partial charge in [0.15, 0.2) is 5.82 Å². The molecule has 0 bridgehead atoms. The molecule has 2 aromatic carbocycles. The molecular weight excluding hydrogens is 352 g/mol. The summed E-state index contributed by atoms with van der Waals surface area (Å²) < 4.78 is 4.98. The van der Waals surface area contributed by atoms with Gasteiger partial charge in [-0.05, 0) is 41.2 Å². The fourth-order valence-corrected chi connectivity index (χ4v) is 3.55. The highest BCUT2D eigenvalue weighted by atomic mass is 79.9. The first-order valence-corrected chi connectivity index (χ1v) is 7.82. The van der Waals surface area contributed by atoms with E-state index in [0.29, 0.717) is 22.3 Å². The van der Waals surface area contributed by atoms with Crippen LogP contribution in [0.25, 0.3) is 10.8 Å². The standard InChI is InChI=1S/C15H7BrN2O2S/c16-11-5-4-10-13-8(11)2-1-3-9(13)14(19)18(15(10)20)12-6-7-21-17-12/h1-7H. The Balaban J connectivity index is 2.07. The molecule has 0 unspecified atom stereocenters. The van der Waals surface area contributed by atoms with E-state index in [1.54, 1.807) is 23.6 Å². The number of hydrogen-bond acceptors (Lipinski definition) is 4. The molecular formula is C15H7BrN2O2S. The zero-order valence-electron chi connectivity index (χ0n) is 10.5. The Morgan fingerprint density at radius 1 is 1.00 bits per heavy atom. The van der Waals surface area contributed by atoms with Crippen LogP contribution in [0, 0.1) is 0 Å². The van der Waals surface area contributed by atoms with Crippen LogP contribution in [0.3, 0.4) is 0 Å². The van der Waals surface area contributed by atoms with Crippen LogP contribution in [-0.4, -0.2) is 16.2 Å². The van der Waals surface area contributed by atoms with Crippen LogP contribution in [0.2, 0.25) is 0 Å². The second-order valence-electron chi connectivity index (χ2n) is 4.63. The predicted octanol–water partition coefficient (Wildman–Crippen LogP) is 3.86. The van der Waals surface area contributed by atoms with Crippen LogP contribution in [0.4, 0.5) is 5.82 Å². The van der Waals surface area contributed by atoms with Crippen molar-refractivity contribution in [3.05, 3.63) is 57.4 Å². The van der Waals surface area contributed by atoms with Crippen LogP contribution in [0.1, 0.15) is 20.7 Å². The lowest BCUT2D eigenvalue weighted by Gasteiger charge is -2.25. The number of nitrogens with zero attached hydrogens (tertiary/aromatic N) is 2. The molecule has 0 N–H and O–H groups in total. The Kier molecular flexibility index (Phi) is 2.70. The molecule has 0 aliphatic carbocycles. The molecule has 21 heavy (non-hydrogen) atoms.